The quantitative estimate of drug-likeness (QED) is 0.611. The molecule has 1 atom stereocenters. The molecule has 1 rings (SSSR count). The first-order chi connectivity index (χ1) is 6.11. The first kappa shape index (κ1) is 9.98. The summed E-state index contributed by atoms with van der Waals surface area (Å²) in [4.78, 5) is 15.0. The number of ether oxygens (including phenoxy) is 2. The molecule has 0 radical (unpaired) electrons. The Morgan fingerprint density at radius 2 is 2.38 bits per heavy atom. The van der Waals surface area contributed by atoms with Gasteiger partial charge in [-0.3, -0.25) is 0 Å². The Labute approximate surface area is 76.9 Å². The molecule has 0 amide bonds. The van der Waals surface area contributed by atoms with E-state index in [1.165, 1.54) is 0 Å². The summed E-state index contributed by atoms with van der Waals surface area (Å²) in [5, 5.41) is 0. The first-order valence-electron chi connectivity index (χ1n) is 4.26. The highest BCUT2D eigenvalue weighted by molar-refractivity contribution is 5.87. The van der Waals surface area contributed by atoms with Gasteiger partial charge in [-0.25, -0.2) is 9.79 Å². The Balaban J connectivity index is 2.40. The van der Waals surface area contributed by atoms with Gasteiger partial charge in [-0.2, -0.15) is 0 Å². The summed E-state index contributed by atoms with van der Waals surface area (Å²) in [6.45, 7) is 4.71. The highest BCUT2D eigenvalue weighted by atomic mass is 16.7. The van der Waals surface area contributed by atoms with Crippen LogP contribution >= 0.6 is 0 Å². The average Bonchev–Trinajstić information content (AvgIpc) is 2.55. The zero-order valence-corrected chi connectivity index (χ0v) is 7.82. The molecular weight excluding hydrogens is 172 g/mol. The number of esters is 1. The molecule has 2 N–H and O–H groups in total. The lowest BCUT2D eigenvalue weighted by atomic mass is 10.1. The summed E-state index contributed by atoms with van der Waals surface area (Å²) in [5.74, 6) is -0.440. The number of carbonyl (C=O) groups is 1. The van der Waals surface area contributed by atoms with E-state index in [0.717, 1.165) is 0 Å². The molecule has 0 spiro atoms. The van der Waals surface area contributed by atoms with Crippen molar-refractivity contribution in [2.24, 2.45) is 16.6 Å². The second-order valence-corrected chi connectivity index (χ2v) is 3.19. The van der Waals surface area contributed by atoms with Gasteiger partial charge in [0.2, 0.25) is 0 Å². The Hall–Kier alpha value is -1.10. The molecule has 1 aliphatic heterocycles. The van der Waals surface area contributed by atoms with E-state index in [1.54, 1.807) is 0 Å². The van der Waals surface area contributed by atoms with Crippen LogP contribution in [0.15, 0.2) is 4.99 Å². The fourth-order valence-electron chi connectivity index (χ4n) is 0.804. The van der Waals surface area contributed by atoms with Gasteiger partial charge in [0.25, 0.3) is 0 Å². The van der Waals surface area contributed by atoms with Crippen molar-refractivity contribution in [1.29, 1.82) is 0 Å². The predicted molar refractivity (Wildman–Crippen MR) is 47.2 cm³/mol. The summed E-state index contributed by atoms with van der Waals surface area (Å²) >= 11 is 0. The van der Waals surface area contributed by atoms with Gasteiger partial charge in [0.05, 0.1) is 6.54 Å². The van der Waals surface area contributed by atoms with Gasteiger partial charge in [-0.15, -0.1) is 0 Å². The van der Waals surface area contributed by atoms with Crippen LogP contribution in [0.2, 0.25) is 0 Å². The molecule has 0 saturated heterocycles. The highest BCUT2D eigenvalue weighted by Gasteiger charge is 2.22. The van der Waals surface area contributed by atoms with Crippen LogP contribution in [-0.2, 0) is 14.3 Å². The molecule has 13 heavy (non-hydrogen) atoms. The van der Waals surface area contributed by atoms with E-state index in [4.69, 9.17) is 15.2 Å². The monoisotopic (exact) mass is 186 g/mol. The zero-order valence-electron chi connectivity index (χ0n) is 7.82. The lowest BCUT2D eigenvalue weighted by Crippen LogP contribution is -2.38. The molecule has 5 nitrogen and oxygen atoms in total. The number of aliphatic imine (C=N–C) groups is 1. The lowest BCUT2D eigenvalue weighted by Gasteiger charge is -2.13. The Morgan fingerprint density at radius 3 is 2.85 bits per heavy atom. The van der Waals surface area contributed by atoms with Crippen molar-refractivity contribution >= 4 is 12.1 Å². The molecule has 5 heteroatoms. The van der Waals surface area contributed by atoms with Crippen molar-refractivity contribution in [1.82, 2.24) is 0 Å². The van der Waals surface area contributed by atoms with Gasteiger partial charge in [0, 0.05) is 0 Å². The molecular formula is C8H14N2O3. The summed E-state index contributed by atoms with van der Waals surface area (Å²) in [7, 11) is 0. The Morgan fingerprint density at radius 1 is 1.69 bits per heavy atom. The molecule has 1 heterocycles. The minimum atomic E-state index is -0.619. The minimum Gasteiger partial charge on any atom is -0.448 e. The third kappa shape index (κ3) is 2.69. The third-order valence-corrected chi connectivity index (χ3v) is 1.74. The smallest absolute Gasteiger partial charge is 0.391 e. The van der Waals surface area contributed by atoms with Gasteiger partial charge < -0.3 is 15.2 Å². The standard InChI is InChI=1S/C8H14N2O3/c1-5(2)6(9)7(11)13-8-10-3-4-12-8/h5-6H,3-4,9H2,1-2H3/t6-/m0/s1. The van der Waals surface area contributed by atoms with Crippen LogP contribution in [0.1, 0.15) is 13.8 Å². The molecule has 0 aromatic rings. The van der Waals surface area contributed by atoms with E-state index in [2.05, 4.69) is 4.99 Å². The van der Waals surface area contributed by atoms with Crippen LogP contribution in [0, 0.1) is 5.92 Å². The third-order valence-electron chi connectivity index (χ3n) is 1.74. The Bertz CT molecular complexity index is 225. The van der Waals surface area contributed by atoms with E-state index in [0.29, 0.717) is 13.2 Å². The summed E-state index contributed by atoms with van der Waals surface area (Å²) in [6, 6.07) is -0.619. The number of nitrogens with two attached hydrogens (primary N) is 1. The van der Waals surface area contributed by atoms with Crippen LogP contribution in [0.25, 0.3) is 0 Å². The lowest BCUT2D eigenvalue weighted by molar-refractivity contribution is -0.139. The molecule has 0 bridgehead atoms. The molecule has 0 aromatic carbocycles. The average molecular weight is 186 g/mol. The van der Waals surface area contributed by atoms with Crippen molar-refractivity contribution < 1.29 is 14.3 Å². The predicted octanol–water partition coefficient (Wildman–Crippen LogP) is -0.101. The number of rotatable bonds is 2. The van der Waals surface area contributed by atoms with Crippen molar-refractivity contribution in [2.75, 3.05) is 13.2 Å². The molecule has 0 saturated carbocycles. The van der Waals surface area contributed by atoms with Gasteiger partial charge in [-0.05, 0) is 5.92 Å². The molecule has 0 unspecified atom stereocenters. The molecule has 0 fully saturated rings. The van der Waals surface area contributed by atoms with Gasteiger partial charge in [-0.1, -0.05) is 13.8 Å². The Kier molecular flexibility index (Phi) is 3.25. The fourth-order valence-corrected chi connectivity index (χ4v) is 0.804. The number of hydrogen-bond donors (Lipinski definition) is 1. The molecule has 74 valence electrons. The van der Waals surface area contributed by atoms with Crippen molar-refractivity contribution in [3.8, 4) is 0 Å². The maximum Gasteiger partial charge on any atom is 0.391 e. The first-order valence-corrected chi connectivity index (χ1v) is 4.26. The number of nitrogens with zero attached hydrogens (tertiary/aromatic N) is 1. The number of hydrogen-bond acceptors (Lipinski definition) is 5. The molecule has 0 aromatic heterocycles. The molecule has 1 aliphatic rings. The maximum atomic E-state index is 11.2. The maximum absolute atomic E-state index is 11.2. The van der Waals surface area contributed by atoms with Crippen LogP contribution in [0.3, 0.4) is 0 Å². The summed E-state index contributed by atoms with van der Waals surface area (Å²) in [6.07, 6.45) is 0.0427. The zero-order chi connectivity index (χ0) is 9.84. The topological polar surface area (TPSA) is 73.9 Å². The fraction of sp³-hybridized carbons (Fsp3) is 0.750. The van der Waals surface area contributed by atoms with Gasteiger partial charge >= 0.3 is 12.1 Å². The van der Waals surface area contributed by atoms with E-state index in [9.17, 15) is 4.79 Å². The van der Waals surface area contributed by atoms with E-state index in [1.807, 2.05) is 13.8 Å². The van der Waals surface area contributed by atoms with Crippen LogP contribution in [0.5, 0.6) is 0 Å². The van der Waals surface area contributed by atoms with Crippen molar-refractivity contribution in [2.45, 2.75) is 19.9 Å². The van der Waals surface area contributed by atoms with Crippen LogP contribution in [0.4, 0.5) is 0 Å². The van der Waals surface area contributed by atoms with Gasteiger partial charge in [0.1, 0.15) is 12.6 Å². The largest absolute Gasteiger partial charge is 0.448 e. The van der Waals surface area contributed by atoms with Crippen LogP contribution in [-0.4, -0.2) is 31.2 Å². The minimum absolute atomic E-state index is 0.0427. The van der Waals surface area contributed by atoms with Crippen molar-refractivity contribution in [3.05, 3.63) is 0 Å². The van der Waals surface area contributed by atoms with Gasteiger partial charge in [0.15, 0.2) is 0 Å². The van der Waals surface area contributed by atoms with E-state index >= 15 is 0 Å². The second-order valence-electron chi connectivity index (χ2n) is 3.19. The normalized spacial score (nSPS) is 18.0. The second kappa shape index (κ2) is 4.23. The van der Waals surface area contributed by atoms with Crippen molar-refractivity contribution in [3.63, 3.8) is 0 Å². The number of carbonyl (C=O) groups excluding carboxylic acids is 1. The van der Waals surface area contributed by atoms with E-state index in [-0.39, 0.29) is 12.0 Å². The van der Waals surface area contributed by atoms with E-state index < -0.39 is 12.0 Å². The molecule has 0 aliphatic carbocycles. The van der Waals surface area contributed by atoms with Crippen LogP contribution < -0.4 is 5.73 Å². The SMILES string of the molecule is CC(C)[C@H](N)C(=O)OC1=NCCO1. The highest BCUT2D eigenvalue weighted by Crippen LogP contribution is 2.03. The summed E-state index contributed by atoms with van der Waals surface area (Å²) < 4.78 is 9.70. The summed E-state index contributed by atoms with van der Waals surface area (Å²) in [5.41, 5.74) is 5.55.